The zero-order valence-electron chi connectivity index (χ0n) is 18.5. The number of pyridine rings is 1. The molecule has 4 heterocycles. The number of aryl methyl sites for hydroxylation is 1. The smallest absolute Gasteiger partial charge is 0.253 e. The minimum Gasteiger partial charge on any atom is -0.339 e. The van der Waals surface area contributed by atoms with Gasteiger partial charge in [-0.05, 0) is 91.6 Å². The molecule has 3 fully saturated rings. The molecule has 166 valence electrons. The number of aromatic nitrogens is 1. The molecule has 1 N–H and O–H groups in total. The number of halogens is 1. The maximum Gasteiger partial charge on any atom is 0.253 e. The maximum absolute atomic E-state index is 13.2. The van der Waals surface area contributed by atoms with Crippen LogP contribution in [-0.4, -0.2) is 41.0 Å². The number of fused-ring (bicyclic) bond motifs is 3. The molecule has 2 unspecified atom stereocenters. The molecule has 3 aliphatic rings. The highest BCUT2D eigenvalue weighted by atomic mass is 35.5. The first-order valence-corrected chi connectivity index (χ1v) is 12.9. The summed E-state index contributed by atoms with van der Waals surface area (Å²) >= 11 is 8.45. The van der Waals surface area contributed by atoms with Gasteiger partial charge in [-0.1, -0.05) is 17.7 Å². The highest BCUT2D eigenvalue weighted by molar-refractivity contribution is 7.16. The van der Waals surface area contributed by atoms with E-state index in [1.807, 2.05) is 24.1 Å². The van der Waals surface area contributed by atoms with E-state index in [-0.39, 0.29) is 5.91 Å². The van der Waals surface area contributed by atoms with Gasteiger partial charge in [0.15, 0.2) is 0 Å². The lowest BCUT2D eigenvalue weighted by Gasteiger charge is -2.35. The van der Waals surface area contributed by atoms with Crippen LogP contribution in [0.1, 0.15) is 71.1 Å². The third-order valence-electron chi connectivity index (χ3n) is 7.75. The summed E-state index contributed by atoms with van der Waals surface area (Å²) in [5.41, 5.74) is 4.32. The van der Waals surface area contributed by atoms with Crippen molar-refractivity contribution >= 4 is 39.1 Å². The third-order valence-corrected chi connectivity index (χ3v) is 8.89. The average Bonchev–Trinajstić information content (AvgIpc) is 3.30. The molecule has 6 heteroatoms. The normalized spacial score (nSPS) is 28.8. The summed E-state index contributed by atoms with van der Waals surface area (Å²) in [4.78, 5) is 20.9. The molecular formula is C26H28ClN3OS. The quantitative estimate of drug-likeness (QED) is 0.523. The van der Waals surface area contributed by atoms with E-state index in [1.54, 1.807) is 11.3 Å². The monoisotopic (exact) mass is 465 g/mol. The van der Waals surface area contributed by atoms with Crippen molar-refractivity contribution in [2.45, 2.75) is 69.0 Å². The summed E-state index contributed by atoms with van der Waals surface area (Å²) in [6.07, 6.45) is 5.68. The van der Waals surface area contributed by atoms with Crippen LogP contribution in [0.25, 0.3) is 10.2 Å². The van der Waals surface area contributed by atoms with Crippen LogP contribution in [0.15, 0.2) is 35.7 Å². The van der Waals surface area contributed by atoms with Gasteiger partial charge in [-0.2, -0.15) is 0 Å². The van der Waals surface area contributed by atoms with Gasteiger partial charge in [0.1, 0.15) is 4.83 Å². The number of thiophene rings is 1. The number of rotatable bonds is 4. The Bertz CT molecular complexity index is 1200. The number of nitrogens with zero attached hydrogens (tertiary/aromatic N) is 2. The average molecular weight is 466 g/mol. The van der Waals surface area contributed by atoms with Crippen LogP contribution in [0.4, 0.5) is 0 Å². The standard InChI is InChI=1S/C26H28ClN3OS/c1-14-9-21(20-7-8-32-25(20)28-14)23-13-22(23)19-6-3-15(10-24(19)27)26(31)30(2)18-11-16-4-5-17(12-18)29-16/h3,6-10,16-18,22-23,29H,4-5,11-13H2,1-2H3/t16?,17?,18?,22-,23-/m0/s1. The Kier molecular flexibility index (Phi) is 5.05. The second-order valence-corrected chi connectivity index (χ2v) is 11.2. The molecule has 2 aliphatic heterocycles. The Labute approximate surface area is 198 Å². The van der Waals surface area contributed by atoms with Gasteiger partial charge in [0.2, 0.25) is 0 Å². The summed E-state index contributed by atoms with van der Waals surface area (Å²) in [5.74, 6) is 0.969. The Hall–Kier alpha value is -1.95. The van der Waals surface area contributed by atoms with Crippen molar-refractivity contribution in [3.8, 4) is 0 Å². The highest BCUT2D eigenvalue weighted by Crippen LogP contribution is 2.57. The summed E-state index contributed by atoms with van der Waals surface area (Å²) in [7, 11) is 1.95. The topological polar surface area (TPSA) is 45.2 Å². The lowest BCUT2D eigenvalue weighted by Crippen LogP contribution is -2.48. The lowest BCUT2D eigenvalue weighted by molar-refractivity contribution is 0.0681. The number of carbonyl (C=O) groups excluding carboxylic acids is 1. The van der Waals surface area contributed by atoms with Crippen molar-refractivity contribution in [3.63, 3.8) is 0 Å². The number of hydrogen-bond acceptors (Lipinski definition) is 4. The van der Waals surface area contributed by atoms with Crippen LogP contribution in [0.5, 0.6) is 0 Å². The first kappa shape index (κ1) is 20.6. The van der Waals surface area contributed by atoms with Crippen LogP contribution in [-0.2, 0) is 0 Å². The van der Waals surface area contributed by atoms with E-state index < -0.39 is 0 Å². The molecule has 1 aromatic carbocycles. The Morgan fingerprint density at radius 2 is 1.84 bits per heavy atom. The van der Waals surface area contributed by atoms with E-state index in [0.29, 0.717) is 35.5 Å². The minimum absolute atomic E-state index is 0.0850. The Balaban J connectivity index is 1.20. The van der Waals surface area contributed by atoms with Crippen LogP contribution in [0.3, 0.4) is 0 Å². The summed E-state index contributed by atoms with van der Waals surface area (Å²) in [6.45, 7) is 2.07. The third kappa shape index (κ3) is 3.55. The number of hydrogen-bond donors (Lipinski definition) is 1. The molecule has 32 heavy (non-hydrogen) atoms. The van der Waals surface area contributed by atoms with Gasteiger partial charge in [-0.3, -0.25) is 4.79 Å². The molecule has 6 rings (SSSR count). The van der Waals surface area contributed by atoms with E-state index in [9.17, 15) is 4.79 Å². The predicted octanol–water partition coefficient (Wildman–Crippen LogP) is 5.88. The second kappa shape index (κ2) is 7.82. The molecule has 3 aromatic rings. The fourth-order valence-electron chi connectivity index (χ4n) is 5.97. The first-order chi connectivity index (χ1) is 15.5. The van der Waals surface area contributed by atoms with Crippen LogP contribution in [0.2, 0.25) is 5.02 Å². The van der Waals surface area contributed by atoms with Crippen LogP contribution >= 0.6 is 22.9 Å². The number of amides is 1. The van der Waals surface area contributed by atoms with Crippen molar-refractivity contribution < 1.29 is 4.79 Å². The van der Waals surface area contributed by atoms with Gasteiger partial charge in [-0.25, -0.2) is 4.98 Å². The van der Waals surface area contributed by atoms with E-state index in [4.69, 9.17) is 11.6 Å². The number of carbonyl (C=O) groups is 1. The molecule has 1 saturated carbocycles. The molecule has 2 saturated heterocycles. The van der Waals surface area contributed by atoms with Crippen molar-refractivity contribution in [1.82, 2.24) is 15.2 Å². The molecule has 2 bridgehead atoms. The predicted molar refractivity (Wildman–Crippen MR) is 131 cm³/mol. The van der Waals surface area contributed by atoms with Gasteiger partial charge in [0.05, 0.1) is 0 Å². The van der Waals surface area contributed by atoms with Crippen molar-refractivity contribution in [2.75, 3.05) is 7.05 Å². The summed E-state index contributed by atoms with van der Waals surface area (Å²) in [5, 5.41) is 7.77. The maximum atomic E-state index is 13.2. The van der Waals surface area contributed by atoms with E-state index in [1.165, 1.54) is 23.8 Å². The molecular weight excluding hydrogens is 438 g/mol. The molecule has 2 aromatic heterocycles. The van der Waals surface area contributed by atoms with Gasteiger partial charge < -0.3 is 10.2 Å². The zero-order chi connectivity index (χ0) is 22.0. The SMILES string of the molecule is Cc1cc([C@@H]2C[C@H]2c2ccc(C(=O)N(C)C3CC4CCC(C3)N4)cc2Cl)c2ccsc2n1. The van der Waals surface area contributed by atoms with Crippen molar-refractivity contribution in [1.29, 1.82) is 0 Å². The number of nitrogens with one attached hydrogen (secondary N) is 1. The highest BCUT2D eigenvalue weighted by Gasteiger charge is 2.42. The fraction of sp³-hybridized carbons (Fsp3) is 0.462. The van der Waals surface area contributed by atoms with Gasteiger partial charge in [0.25, 0.3) is 5.91 Å². The molecule has 0 radical (unpaired) electrons. The van der Waals surface area contributed by atoms with Gasteiger partial charge >= 0.3 is 0 Å². The minimum atomic E-state index is 0.0850. The van der Waals surface area contributed by atoms with E-state index in [2.05, 4.69) is 40.8 Å². The van der Waals surface area contributed by atoms with Gasteiger partial charge in [-0.15, -0.1) is 11.3 Å². The number of piperidine rings is 1. The molecule has 4 atom stereocenters. The Morgan fingerprint density at radius 3 is 2.59 bits per heavy atom. The molecule has 1 aliphatic carbocycles. The molecule has 1 amide bonds. The summed E-state index contributed by atoms with van der Waals surface area (Å²) < 4.78 is 0. The zero-order valence-corrected chi connectivity index (χ0v) is 20.0. The van der Waals surface area contributed by atoms with E-state index in [0.717, 1.165) is 40.4 Å². The second-order valence-electron chi connectivity index (χ2n) is 9.86. The van der Waals surface area contributed by atoms with E-state index >= 15 is 0 Å². The van der Waals surface area contributed by atoms with Crippen molar-refractivity contribution in [2.24, 2.45) is 0 Å². The summed E-state index contributed by atoms with van der Waals surface area (Å²) in [6, 6.07) is 11.8. The fourth-order valence-corrected chi connectivity index (χ4v) is 7.13. The van der Waals surface area contributed by atoms with Crippen LogP contribution in [0, 0.1) is 6.92 Å². The molecule has 4 nitrogen and oxygen atoms in total. The Morgan fingerprint density at radius 1 is 1.09 bits per heavy atom. The van der Waals surface area contributed by atoms with Crippen molar-refractivity contribution in [3.05, 3.63) is 63.1 Å². The number of benzene rings is 1. The lowest BCUT2D eigenvalue weighted by atomic mass is 9.97. The van der Waals surface area contributed by atoms with Gasteiger partial charge in [0, 0.05) is 46.8 Å². The van der Waals surface area contributed by atoms with Crippen LogP contribution < -0.4 is 5.32 Å². The molecule has 0 spiro atoms. The first-order valence-electron chi connectivity index (χ1n) is 11.7. The largest absolute Gasteiger partial charge is 0.339 e.